The van der Waals surface area contributed by atoms with Crippen LogP contribution in [0.15, 0.2) is 5.38 Å². The topological polar surface area (TPSA) is 74.4 Å². The van der Waals surface area contributed by atoms with Gasteiger partial charge in [0.2, 0.25) is 5.88 Å². The summed E-state index contributed by atoms with van der Waals surface area (Å²) in [6.45, 7) is 1.97. The third-order valence-corrected chi connectivity index (χ3v) is 1.60. The zero-order valence-corrected chi connectivity index (χ0v) is 7.26. The Labute approximate surface area is 73.1 Å². The van der Waals surface area contributed by atoms with Gasteiger partial charge in [-0.05, 0) is 6.92 Å². The van der Waals surface area contributed by atoms with Crippen molar-refractivity contribution in [1.29, 1.82) is 0 Å². The lowest BCUT2D eigenvalue weighted by Gasteiger charge is -1.98. The quantitative estimate of drug-likeness (QED) is 0.707. The Kier molecular flexibility index (Phi) is 2.87. The minimum atomic E-state index is -0.761. The predicted octanol–water partition coefficient (Wildman–Crippen LogP) is 1.26. The van der Waals surface area contributed by atoms with E-state index < -0.39 is 6.16 Å². The second kappa shape index (κ2) is 3.91. The molecule has 5 nitrogen and oxygen atoms in total. The monoisotopic (exact) mass is 188 g/mol. The van der Waals surface area contributed by atoms with Crippen molar-refractivity contribution in [1.82, 2.24) is 4.98 Å². The summed E-state index contributed by atoms with van der Waals surface area (Å²) in [6, 6.07) is 0. The summed E-state index contributed by atoms with van der Waals surface area (Å²) in [5.41, 5.74) is 5.30. The Bertz CT molecular complexity index is 274. The molecule has 1 aromatic heterocycles. The Morgan fingerprint density at radius 2 is 2.58 bits per heavy atom. The Balaban J connectivity index is 2.46. The SMILES string of the molecule is CCOC(=O)Oc1csc(N)n1. The number of nitrogens with zero attached hydrogens (tertiary/aromatic N) is 1. The van der Waals surface area contributed by atoms with Crippen LogP contribution in [-0.2, 0) is 4.74 Å². The van der Waals surface area contributed by atoms with Gasteiger partial charge in [0, 0.05) is 0 Å². The van der Waals surface area contributed by atoms with E-state index in [2.05, 4.69) is 14.5 Å². The summed E-state index contributed by atoms with van der Waals surface area (Å²) >= 11 is 1.20. The van der Waals surface area contributed by atoms with Gasteiger partial charge in [0.05, 0.1) is 12.0 Å². The predicted molar refractivity (Wildman–Crippen MR) is 44.2 cm³/mol. The molecule has 0 saturated carbocycles. The van der Waals surface area contributed by atoms with E-state index in [1.165, 1.54) is 16.7 Å². The van der Waals surface area contributed by atoms with E-state index in [1.807, 2.05) is 0 Å². The molecule has 0 unspecified atom stereocenters. The fourth-order valence-corrected chi connectivity index (χ4v) is 1.02. The van der Waals surface area contributed by atoms with Crippen LogP contribution in [0.1, 0.15) is 6.92 Å². The third-order valence-electron chi connectivity index (χ3n) is 0.951. The Morgan fingerprint density at radius 3 is 3.08 bits per heavy atom. The molecule has 0 radical (unpaired) electrons. The summed E-state index contributed by atoms with van der Waals surface area (Å²) in [5, 5.41) is 1.89. The smallest absolute Gasteiger partial charge is 0.434 e. The molecule has 0 saturated heterocycles. The molecule has 0 aliphatic carbocycles. The van der Waals surface area contributed by atoms with Gasteiger partial charge >= 0.3 is 6.16 Å². The number of hydrogen-bond acceptors (Lipinski definition) is 6. The number of nitrogens with two attached hydrogens (primary N) is 1. The van der Waals surface area contributed by atoms with Gasteiger partial charge in [0.25, 0.3) is 0 Å². The largest absolute Gasteiger partial charge is 0.515 e. The van der Waals surface area contributed by atoms with Crippen molar-refractivity contribution in [2.24, 2.45) is 0 Å². The van der Waals surface area contributed by atoms with E-state index >= 15 is 0 Å². The van der Waals surface area contributed by atoms with Crippen LogP contribution in [0.3, 0.4) is 0 Å². The van der Waals surface area contributed by atoms with E-state index in [-0.39, 0.29) is 12.5 Å². The molecule has 6 heteroatoms. The van der Waals surface area contributed by atoms with Crippen LogP contribution in [-0.4, -0.2) is 17.7 Å². The number of anilines is 1. The van der Waals surface area contributed by atoms with Crippen molar-refractivity contribution in [3.05, 3.63) is 5.38 Å². The summed E-state index contributed by atoms with van der Waals surface area (Å²) in [4.78, 5) is 14.4. The number of carbonyl (C=O) groups is 1. The summed E-state index contributed by atoms with van der Waals surface area (Å²) in [5.74, 6) is 0.177. The van der Waals surface area contributed by atoms with Crippen LogP contribution in [0.25, 0.3) is 0 Å². The fourth-order valence-electron chi connectivity index (χ4n) is 0.552. The summed E-state index contributed by atoms with van der Waals surface area (Å²) in [7, 11) is 0. The fraction of sp³-hybridized carbons (Fsp3) is 0.333. The number of ether oxygens (including phenoxy) is 2. The molecule has 12 heavy (non-hydrogen) atoms. The molecule has 0 amide bonds. The minimum absolute atomic E-state index is 0.177. The van der Waals surface area contributed by atoms with E-state index in [0.29, 0.717) is 5.13 Å². The van der Waals surface area contributed by atoms with Gasteiger partial charge in [0.1, 0.15) is 0 Å². The number of hydrogen-bond donors (Lipinski definition) is 1. The number of aromatic nitrogens is 1. The highest BCUT2D eigenvalue weighted by Gasteiger charge is 2.06. The van der Waals surface area contributed by atoms with Crippen molar-refractivity contribution >= 4 is 22.6 Å². The maximum absolute atomic E-state index is 10.7. The van der Waals surface area contributed by atoms with Crippen LogP contribution < -0.4 is 10.5 Å². The van der Waals surface area contributed by atoms with Gasteiger partial charge in [-0.3, -0.25) is 0 Å². The molecule has 0 aromatic carbocycles. The van der Waals surface area contributed by atoms with Crippen LogP contribution in [0.5, 0.6) is 5.88 Å². The molecule has 0 spiro atoms. The first-order chi connectivity index (χ1) is 5.72. The Hall–Kier alpha value is -1.30. The molecule has 0 atom stereocenters. The zero-order chi connectivity index (χ0) is 8.97. The van der Waals surface area contributed by atoms with Gasteiger partial charge in [-0.1, -0.05) is 0 Å². The highest BCUT2D eigenvalue weighted by Crippen LogP contribution is 2.17. The molecule has 0 aliphatic rings. The van der Waals surface area contributed by atoms with Gasteiger partial charge in [-0.25, -0.2) is 4.79 Å². The standard InChI is InChI=1S/C6H8N2O3S/c1-2-10-6(9)11-4-3-12-5(7)8-4/h3H,2H2,1H3,(H2,7,8). The lowest BCUT2D eigenvalue weighted by Crippen LogP contribution is -2.10. The minimum Gasteiger partial charge on any atom is -0.434 e. The highest BCUT2D eigenvalue weighted by atomic mass is 32.1. The molecule has 2 N–H and O–H groups in total. The third kappa shape index (κ3) is 2.39. The van der Waals surface area contributed by atoms with E-state index in [9.17, 15) is 4.79 Å². The lowest BCUT2D eigenvalue weighted by molar-refractivity contribution is 0.103. The van der Waals surface area contributed by atoms with Crippen molar-refractivity contribution in [2.45, 2.75) is 6.92 Å². The number of rotatable bonds is 2. The average Bonchev–Trinajstić information content (AvgIpc) is 2.36. The molecule has 66 valence electrons. The van der Waals surface area contributed by atoms with Crippen molar-refractivity contribution in [3.63, 3.8) is 0 Å². The summed E-state index contributed by atoms with van der Waals surface area (Å²) in [6.07, 6.45) is -0.761. The van der Waals surface area contributed by atoms with E-state index in [0.717, 1.165) is 0 Å². The van der Waals surface area contributed by atoms with Crippen LogP contribution in [0.4, 0.5) is 9.93 Å². The van der Waals surface area contributed by atoms with Crippen LogP contribution in [0.2, 0.25) is 0 Å². The number of thiazole rings is 1. The van der Waals surface area contributed by atoms with Crippen LogP contribution >= 0.6 is 11.3 Å². The molecular weight excluding hydrogens is 180 g/mol. The highest BCUT2D eigenvalue weighted by molar-refractivity contribution is 7.13. The van der Waals surface area contributed by atoms with Crippen molar-refractivity contribution in [2.75, 3.05) is 12.3 Å². The zero-order valence-electron chi connectivity index (χ0n) is 6.44. The average molecular weight is 188 g/mol. The second-order valence-electron chi connectivity index (χ2n) is 1.81. The van der Waals surface area contributed by atoms with Gasteiger partial charge < -0.3 is 15.2 Å². The maximum Gasteiger partial charge on any atom is 0.515 e. The number of nitrogen functional groups attached to an aromatic ring is 1. The molecular formula is C6H8N2O3S. The lowest BCUT2D eigenvalue weighted by atomic mass is 10.8. The molecule has 0 aliphatic heterocycles. The summed E-state index contributed by atoms with van der Waals surface area (Å²) < 4.78 is 9.15. The maximum atomic E-state index is 10.7. The van der Waals surface area contributed by atoms with Crippen molar-refractivity contribution in [3.8, 4) is 5.88 Å². The second-order valence-corrected chi connectivity index (χ2v) is 2.70. The first kappa shape index (κ1) is 8.79. The Morgan fingerprint density at radius 1 is 1.83 bits per heavy atom. The first-order valence-electron chi connectivity index (χ1n) is 3.28. The molecule has 1 rings (SSSR count). The normalized spacial score (nSPS) is 9.42. The molecule has 1 heterocycles. The number of carbonyl (C=O) groups excluding carboxylic acids is 1. The van der Waals surface area contributed by atoms with E-state index in [1.54, 1.807) is 6.92 Å². The van der Waals surface area contributed by atoms with E-state index in [4.69, 9.17) is 5.73 Å². The molecule has 0 bridgehead atoms. The van der Waals surface area contributed by atoms with Crippen LogP contribution in [0, 0.1) is 0 Å². The van der Waals surface area contributed by atoms with Gasteiger partial charge in [-0.2, -0.15) is 4.98 Å². The first-order valence-corrected chi connectivity index (χ1v) is 4.16. The molecule has 1 aromatic rings. The van der Waals surface area contributed by atoms with Gasteiger partial charge in [-0.15, -0.1) is 11.3 Å². The molecule has 0 fully saturated rings. The van der Waals surface area contributed by atoms with Crippen molar-refractivity contribution < 1.29 is 14.3 Å². The van der Waals surface area contributed by atoms with Gasteiger partial charge in [0.15, 0.2) is 5.13 Å².